The van der Waals surface area contributed by atoms with Gasteiger partial charge in [0.15, 0.2) is 11.5 Å². The molecule has 4 heterocycles. The van der Waals surface area contributed by atoms with E-state index in [4.69, 9.17) is 9.47 Å². The zero-order chi connectivity index (χ0) is 21.0. The molecule has 0 aromatic carbocycles. The first kappa shape index (κ1) is 20.0. The van der Waals surface area contributed by atoms with Crippen molar-refractivity contribution in [1.29, 1.82) is 0 Å². The quantitative estimate of drug-likeness (QED) is 0.654. The molecule has 0 aliphatic carbocycles. The Balaban J connectivity index is 1.52. The minimum absolute atomic E-state index is 0.0426. The molecule has 30 heavy (non-hydrogen) atoms. The Morgan fingerprint density at radius 1 is 1.17 bits per heavy atom. The van der Waals surface area contributed by atoms with Crippen molar-refractivity contribution in [2.24, 2.45) is 0 Å². The van der Waals surface area contributed by atoms with Gasteiger partial charge in [-0.15, -0.1) is 0 Å². The van der Waals surface area contributed by atoms with Crippen LogP contribution in [0.25, 0.3) is 11.4 Å². The normalized spacial score (nSPS) is 16.4. The maximum absolute atomic E-state index is 13.3. The lowest BCUT2D eigenvalue weighted by atomic mass is 10.2. The molecule has 1 aliphatic rings. The lowest BCUT2D eigenvalue weighted by Gasteiger charge is -2.13. The number of aromatic nitrogens is 4. The molecule has 1 saturated heterocycles. The predicted octanol–water partition coefficient (Wildman–Crippen LogP) is 3.73. The largest absolute Gasteiger partial charge is 0.472 e. The first-order valence-corrected chi connectivity index (χ1v) is 9.27. The summed E-state index contributed by atoms with van der Waals surface area (Å²) in [4.78, 5) is 15.9. The molecule has 1 unspecified atom stereocenters. The minimum atomic E-state index is -4.60. The molecule has 1 fully saturated rings. The van der Waals surface area contributed by atoms with Crippen molar-refractivity contribution in [1.82, 2.24) is 19.9 Å². The van der Waals surface area contributed by atoms with Crippen LogP contribution in [0.5, 0.6) is 5.88 Å². The lowest BCUT2D eigenvalue weighted by molar-refractivity contribution is -0.141. The van der Waals surface area contributed by atoms with Crippen molar-refractivity contribution in [2.75, 3.05) is 18.5 Å². The Labute approximate surface area is 170 Å². The Bertz CT molecular complexity index is 995. The van der Waals surface area contributed by atoms with Crippen molar-refractivity contribution in [3.8, 4) is 17.3 Å². The van der Waals surface area contributed by atoms with Gasteiger partial charge < -0.3 is 14.8 Å². The van der Waals surface area contributed by atoms with Gasteiger partial charge in [-0.3, -0.25) is 4.98 Å². The molecule has 4 rings (SSSR count). The lowest BCUT2D eigenvalue weighted by Crippen LogP contribution is -2.16. The van der Waals surface area contributed by atoms with Gasteiger partial charge in [0.05, 0.1) is 13.2 Å². The van der Waals surface area contributed by atoms with E-state index in [1.54, 1.807) is 30.5 Å². The fourth-order valence-corrected chi connectivity index (χ4v) is 2.90. The molecule has 7 nitrogen and oxygen atoms in total. The van der Waals surface area contributed by atoms with Gasteiger partial charge in [-0.05, 0) is 23.8 Å². The fraction of sp³-hybridized carbons (Fsp3) is 0.300. The van der Waals surface area contributed by atoms with E-state index in [0.717, 1.165) is 18.1 Å². The number of nitrogens with zero attached hydrogens (tertiary/aromatic N) is 4. The second-order valence-corrected chi connectivity index (χ2v) is 6.66. The van der Waals surface area contributed by atoms with E-state index in [1.165, 1.54) is 12.4 Å². The molecule has 3 aromatic rings. The summed E-state index contributed by atoms with van der Waals surface area (Å²) in [6.07, 6.45) is 0.679. The van der Waals surface area contributed by atoms with E-state index in [1.807, 2.05) is 0 Å². The van der Waals surface area contributed by atoms with Crippen molar-refractivity contribution < 1.29 is 22.6 Å². The molecule has 0 bridgehead atoms. The van der Waals surface area contributed by atoms with Gasteiger partial charge in [0, 0.05) is 49.3 Å². The molecule has 0 saturated carbocycles. The van der Waals surface area contributed by atoms with Crippen LogP contribution in [-0.4, -0.2) is 39.3 Å². The first-order valence-electron chi connectivity index (χ1n) is 9.27. The molecule has 1 aliphatic heterocycles. The molecule has 0 amide bonds. The number of hydrogen-bond acceptors (Lipinski definition) is 7. The number of pyridine rings is 2. The predicted molar refractivity (Wildman–Crippen MR) is 102 cm³/mol. The van der Waals surface area contributed by atoms with Crippen molar-refractivity contribution in [2.45, 2.75) is 25.2 Å². The minimum Gasteiger partial charge on any atom is -0.472 e. The van der Waals surface area contributed by atoms with Gasteiger partial charge in [0.2, 0.25) is 5.88 Å². The standard InChI is InChI=1S/C20H18F3N5O2/c21-20(22,23)16-9-17(28-19(27-16)14-2-1-5-24-11-14)26-10-13-3-6-25-18(8-13)30-15-4-7-29-12-15/h1-3,5-6,8-9,11,15H,4,7,10,12H2,(H,26,27,28). The highest BCUT2D eigenvalue weighted by Crippen LogP contribution is 2.30. The second kappa shape index (κ2) is 8.62. The maximum atomic E-state index is 13.3. The third-order valence-corrected chi connectivity index (χ3v) is 4.38. The summed E-state index contributed by atoms with van der Waals surface area (Å²) in [7, 11) is 0. The van der Waals surface area contributed by atoms with Gasteiger partial charge in [0.25, 0.3) is 0 Å². The monoisotopic (exact) mass is 417 g/mol. The molecule has 0 radical (unpaired) electrons. The summed E-state index contributed by atoms with van der Waals surface area (Å²) in [6, 6.07) is 7.58. The Hall–Kier alpha value is -3.27. The summed E-state index contributed by atoms with van der Waals surface area (Å²) in [6.45, 7) is 1.41. The molecule has 156 valence electrons. The van der Waals surface area contributed by atoms with Crippen LogP contribution < -0.4 is 10.1 Å². The SMILES string of the molecule is FC(F)(F)c1cc(NCc2ccnc(OC3CCOC3)c2)nc(-c2cccnc2)n1. The van der Waals surface area contributed by atoms with E-state index in [0.29, 0.717) is 24.7 Å². The zero-order valence-corrected chi connectivity index (χ0v) is 15.8. The van der Waals surface area contributed by atoms with Crippen LogP contribution in [0.1, 0.15) is 17.7 Å². The molecule has 10 heteroatoms. The average Bonchev–Trinajstić information content (AvgIpc) is 3.25. The maximum Gasteiger partial charge on any atom is 0.433 e. The fourth-order valence-electron chi connectivity index (χ4n) is 2.90. The zero-order valence-electron chi connectivity index (χ0n) is 15.8. The number of halogens is 3. The van der Waals surface area contributed by atoms with E-state index in [9.17, 15) is 13.2 Å². The third kappa shape index (κ3) is 5.01. The molecular weight excluding hydrogens is 399 g/mol. The molecule has 1 atom stereocenters. The van der Waals surface area contributed by atoms with Gasteiger partial charge in [0.1, 0.15) is 11.9 Å². The number of hydrogen-bond donors (Lipinski definition) is 1. The van der Waals surface area contributed by atoms with Crippen LogP contribution in [0.2, 0.25) is 0 Å². The van der Waals surface area contributed by atoms with Crippen LogP contribution in [-0.2, 0) is 17.5 Å². The van der Waals surface area contributed by atoms with Gasteiger partial charge in [-0.2, -0.15) is 13.2 Å². The van der Waals surface area contributed by atoms with Crippen LogP contribution >= 0.6 is 0 Å². The highest BCUT2D eigenvalue weighted by atomic mass is 19.4. The Morgan fingerprint density at radius 2 is 2.07 bits per heavy atom. The van der Waals surface area contributed by atoms with Gasteiger partial charge in [-0.1, -0.05) is 0 Å². The number of anilines is 1. The van der Waals surface area contributed by atoms with Crippen LogP contribution in [0.4, 0.5) is 19.0 Å². The van der Waals surface area contributed by atoms with Crippen LogP contribution in [0.3, 0.4) is 0 Å². The van der Waals surface area contributed by atoms with Crippen LogP contribution in [0, 0.1) is 0 Å². The molecule has 0 spiro atoms. The summed E-state index contributed by atoms with van der Waals surface area (Å²) >= 11 is 0. The number of rotatable bonds is 6. The van der Waals surface area contributed by atoms with E-state index in [2.05, 4.69) is 25.3 Å². The highest BCUT2D eigenvalue weighted by Gasteiger charge is 2.33. The van der Waals surface area contributed by atoms with Crippen LogP contribution in [0.15, 0.2) is 48.9 Å². The van der Waals surface area contributed by atoms with Crippen molar-refractivity contribution >= 4 is 5.82 Å². The number of ether oxygens (including phenoxy) is 2. The number of alkyl halides is 3. The van der Waals surface area contributed by atoms with Gasteiger partial charge in [-0.25, -0.2) is 15.0 Å². The first-order chi connectivity index (χ1) is 14.5. The van der Waals surface area contributed by atoms with E-state index in [-0.39, 0.29) is 24.3 Å². The van der Waals surface area contributed by atoms with Crippen molar-refractivity contribution in [3.63, 3.8) is 0 Å². The second-order valence-electron chi connectivity index (χ2n) is 6.66. The Morgan fingerprint density at radius 3 is 2.80 bits per heavy atom. The van der Waals surface area contributed by atoms with E-state index >= 15 is 0 Å². The van der Waals surface area contributed by atoms with E-state index < -0.39 is 11.9 Å². The Kier molecular flexibility index (Phi) is 5.75. The summed E-state index contributed by atoms with van der Waals surface area (Å²) in [5.41, 5.74) is 0.151. The third-order valence-electron chi connectivity index (χ3n) is 4.38. The van der Waals surface area contributed by atoms with Gasteiger partial charge >= 0.3 is 6.18 Å². The summed E-state index contributed by atoms with van der Waals surface area (Å²) in [5.74, 6) is 0.444. The summed E-state index contributed by atoms with van der Waals surface area (Å²) < 4.78 is 51.0. The molecule has 1 N–H and O–H groups in total. The smallest absolute Gasteiger partial charge is 0.433 e. The average molecular weight is 417 g/mol. The van der Waals surface area contributed by atoms with Crippen molar-refractivity contribution in [3.05, 3.63) is 60.2 Å². The number of nitrogens with one attached hydrogen (secondary N) is 1. The topological polar surface area (TPSA) is 82.1 Å². The molecular formula is C20H18F3N5O2. The molecule has 3 aromatic heterocycles. The summed E-state index contributed by atoms with van der Waals surface area (Å²) in [5, 5.41) is 2.92. The highest BCUT2D eigenvalue weighted by molar-refractivity contribution is 5.56.